The summed E-state index contributed by atoms with van der Waals surface area (Å²) in [7, 11) is 1.39. The minimum absolute atomic E-state index is 0.0103. The first-order valence-corrected chi connectivity index (χ1v) is 16.4. The molecule has 9 nitrogen and oxygen atoms in total. The number of aromatic nitrogens is 3. The van der Waals surface area contributed by atoms with Gasteiger partial charge in [-0.15, -0.1) is 0 Å². The van der Waals surface area contributed by atoms with Gasteiger partial charge in [0.1, 0.15) is 0 Å². The lowest BCUT2D eigenvalue weighted by Crippen LogP contribution is -2.40. The number of ether oxygens (including phenoxy) is 1. The quantitative estimate of drug-likeness (QED) is 0.152. The van der Waals surface area contributed by atoms with Crippen LogP contribution in [0.15, 0.2) is 46.5 Å². The number of fused-ring (bicyclic) bond motifs is 1. The Balaban J connectivity index is 1.75. The van der Waals surface area contributed by atoms with Gasteiger partial charge >= 0.3 is 17.9 Å². The summed E-state index contributed by atoms with van der Waals surface area (Å²) >= 11 is 0. The smallest absolute Gasteiger partial charge is 0.396 e. The highest BCUT2D eigenvalue weighted by Gasteiger charge is 2.36. The Morgan fingerprint density at radius 1 is 1.15 bits per heavy atom. The minimum atomic E-state index is -1.85. The summed E-state index contributed by atoms with van der Waals surface area (Å²) in [6.45, 7) is 14.1. The summed E-state index contributed by atoms with van der Waals surface area (Å²) in [5, 5.41) is 9.04. The molecule has 10 heteroatoms. The van der Waals surface area contributed by atoms with E-state index in [9.17, 15) is 9.59 Å². The number of amides is 1. The molecule has 0 atom stereocenters. The van der Waals surface area contributed by atoms with Gasteiger partial charge in [-0.1, -0.05) is 67.7 Å². The van der Waals surface area contributed by atoms with Gasteiger partial charge in [0, 0.05) is 37.1 Å². The van der Waals surface area contributed by atoms with Crippen LogP contribution in [0, 0.1) is 0 Å². The number of hydrogen-bond acceptors (Lipinski definition) is 7. The zero-order chi connectivity index (χ0) is 28.8. The highest BCUT2D eigenvalue weighted by atomic mass is 28.4. The lowest BCUT2D eigenvalue weighted by molar-refractivity contribution is -0.118. The van der Waals surface area contributed by atoms with E-state index in [4.69, 9.17) is 8.84 Å². The van der Waals surface area contributed by atoms with Gasteiger partial charge in [0.25, 0.3) is 0 Å². The number of carbonyl (C=O) groups is 2. The number of allylic oxidation sites excluding steroid dienone is 1. The molecule has 39 heavy (non-hydrogen) atoms. The maximum Gasteiger partial charge on any atom is 0.396 e. The second-order valence-corrected chi connectivity index (χ2v) is 16.1. The number of esters is 1. The molecule has 0 unspecified atom stereocenters. The third-order valence-electron chi connectivity index (χ3n) is 7.63. The van der Waals surface area contributed by atoms with Crippen LogP contribution in [-0.4, -0.2) is 55.2 Å². The molecule has 2 aromatic heterocycles. The van der Waals surface area contributed by atoms with Crippen LogP contribution in [0.25, 0.3) is 10.9 Å². The Hall–Kier alpha value is -3.24. The number of nitrogens with zero attached hydrogens (tertiary/aromatic N) is 4. The zero-order valence-corrected chi connectivity index (χ0v) is 25.5. The molecular weight excluding hydrogens is 512 g/mol. The molecule has 0 radical (unpaired) electrons. The molecule has 0 saturated heterocycles. The summed E-state index contributed by atoms with van der Waals surface area (Å²) in [6, 6.07) is 8.14. The van der Waals surface area contributed by atoms with Gasteiger partial charge in [0.15, 0.2) is 8.32 Å². The van der Waals surface area contributed by atoms with E-state index in [2.05, 4.69) is 84.7 Å². The lowest BCUT2D eigenvalue weighted by Gasteiger charge is -2.35. The van der Waals surface area contributed by atoms with Gasteiger partial charge < -0.3 is 18.1 Å². The van der Waals surface area contributed by atoms with Crippen molar-refractivity contribution in [2.24, 2.45) is 7.05 Å². The number of anilines is 1. The van der Waals surface area contributed by atoms with E-state index in [-0.39, 0.29) is 29.3 Å². The average Bonchev–Trinajstić information content (AvgIpc) is 3.50. The van der Waals surface area contributed by atoms with Crippen molar-refractivity contribution in [3.8, 4) is 0 Å². The Labute approximate surface area is 232 Å². The first-order chi connectivity index (χ1) is 18.4. The third-order valence-corrected chi connectivity index (χ3v) is 12.1. The fourth-order valence-electron chi connectivity index (χ4n) is 4.09. The average molecular weight is 555 g/mol. The van der Waals surface area contributed by atoms with Crippen molar-refractivity contribution in [2.45, 2.75) is 71.5 Å². The molecule has 0 aliphatic heterocycles. The van der Waals surface area contributed by atoms with Gasteiger partial charge in [-0.25, -0.2) is 4.79 Å². The van der Waals surface area contributed by atoms with Crippen molar-refractivity contribution in [1.82, 2.24) is 14.8 Å². The Morgan fingerprint density at radius 2 is 1.87 bits per heavy atom. The predicted octanol–water partition coefficient (Wildman–Crippen LogP) is 6.06. The van der Waals surface area contributed by atoms with Crippen molar-refractivity contribution >= 4 is 37.1 Å². The first-order valence-electron chi connectivity index (χ1n) is 13.4. The summed E-state index contributed by atoms with van der Waals surface area (Å²) in [6.07, 6.45) is 6.46. The molecule has 3 aromatic rings. The molecule has 1 amide bonds. The van der Waals surface area contributed by atoms with Crippen LogP contribution in [-0.2, 0) is 27.4 Å². The number of carbonyl (C=O) groups excluding carboxylic acids is 2. The van der Waals surface area contributed by atoms with Crippen molar-refractivity contribution < 1.29 is 23.2 Å². The molecule has 0 bridgehead atoms. The van der Waals surface area contributed by atoms with Gasteiger partial charge in [0.05, 0.1) is 13.7 Å². The Bertz CT molecular complexity index is 1320. The van der Waals surface area contributed by atoms with E-state index in [0.717, 1.165) is 28.5 Å². The van der Waals surface area contributed by atoms with Crippen LogP contribution < -0.4 is 4.90 Å². The molecule has 212 valence electrons. The minimum Gasteiger partial charge on any atom is -0.462 e. The van der Waals surface area contributed by atoms with Crippen molar-refractivity contribution in [1.29, 1.82) is 0 Å². The van der Waals surface area contributed by atoms with Gasteiger partial charge in [0.2, 0.25) is 5.91 Å². The molecular formula is C29H42N4O5Si. The van der Waals surface area contributed by atoms with Gasteiger partial charge in [-0.3, -0.25) is 9.69 Å². The number of hydrogen-bond donors (Lipinski definition) is 0. The number of aryl methyl sites for hydroxylation is 1. The summed E-state index contributed by atoms with van der Waals surface area (Å²) in [4.78, 5) is 26.9. The molecule has 0 aliphatic rings. The monoisotopic (exact) mass is 554 g/mol. The third kappa shape index (κ3) is 7.45. The number of methoxy groups -OCH3 is 1. The highest BCUT2D eigenvalue weighted by Crippen LogP contribution is 2.36. The fraction of sp³-hybridized carbons (Fsp3) is 0.517. The molecule has 0 spiro atoms. The summed E-state index contributed by atoms with van der Waals surface area (Å²) in [5.41, 5.74) is 3.39. The molecule has 3 rings (SSSR count). The number of benzene rings is 1. The van der Waals surface area contributed by atoms with Crippen molar-refractivity contribution in [3.05, 3.63) is 53.6 Å². The molecule has 0 aliphatic carbocycles. The van der Waals surface area contributed by atoms with Crippen LogP contribution in [0.2, 0.25) is 18.1 Å². The van der Waals surface area contributed by atoms with E-state index in [0.29, 0.717) is 26.0 Å². The van der Waals surface area contributed by atoms with E-state index < -0.39 is 14.3 Å². The maximum atomic E-state index is 13.5. The Morgan fingerprint density at radius 3 is 2.54 bits per heavy atom. The predicted molar refractivity (Wildman–Crippen MR) is 155 cm³/mol. The molecule has 1 aromatic carbocycles. The fourth-order valence-corrected chi connectivity index (χ4v) is 5.02. The normalized spacial score (nSPS) is 12.7. The topological polar surface area (TPSA) is 99.7 Å². The summed E-state index contributed by atoms with van der Waals surface area (Å²) in [5.74, 6) is -1.18. The van der Waals surface area contributed by atoms with Crippen molar-refractivity contribution in [3.63, 3.8) is 0 Å². The molecule has 0 saturated carbocycles. The molecule has 0 N–H and O–H groups in total. The second kappa shape index (κ2) is 12.7. The Kier molecular flexibility index (Phi) is 9.90. The highest BCUT2D eigenvalue weighted by molar-refractivity contribution is 6.74. The standard InChI is InChI=1S/C29H42N4O5Si/c1-9-21(17-19-37-39(7,8)29(2,3)4)14-15-25(34)33(28-31-30-26(38-28)27(35)36-6)18-16-22-20-32(5)24-13-11-10-12-23(22)24/h10-13,17,20H,9,14-16,18-19H2,1-8H3/b21-17+. The van der Waals surface area contributed by atoms with E-state index in [1.54, 1.807) is 0 Å². The largest absolute Gasteiger partial charge is 0.462 e. The summed E-state index contributed by atoms with van der Waals surface area (Å²) < 4.78 is 18.6. The zero-order valence-electron chi connectivity index (χ0n) is 24.5. The van der Waals surface area contributed by atoms with Crippen molar-refractivity contribution in [2.75, 3.05) is 25.2 Å². The lowest BCUT2D eigenvalue weighted by atomic mass is 10.1. The molecule has 2 heterocycles. The molecule has 0 fully saturated rings. The van der Waals surface area contributed by atoms with E-state index in [1.807, 2.05) is 19.2 Å². The van der Waals surface area contributed by atoms with E-state index >= 15 is 0 Å². The SMILES string of the molecule is CC/C(=C\CO[Si](C)(C)C(C)(C)C)CCC(=O)N(CCc1cn(C)c2ccccc12)c1nnc(C(=O)OC)o1. The number of rotatable bonds is 12. The first kappa shape index (κ1) is 30.3. The maximum absolute atomic E-state index is 13.5. The van der Waals surface area contributed by atoms with Crippen LogP contribution in [0.3, 0.4) is 0 Å². The van der Waals surface area contributed by atoms with Crippen LogP contribution in [0.1, 0.15) is 63.2 Å². The van der Waals surface area contributed by atoms with Crippen LogP contribution in [0.5, 0.6) is 0 Å². The van der Waals surface area contributed by atoms with Crippen LogP contribution in [0.4, 0.5) is 6.01 Å². The van der Waals surface area contributed by atoms with Gasteiger partial charge in [-0.2, -0.15) is 0 Å². The second-order valence-electron chi connectivity index (χ2n) is 11.2. The number of para-hydroxylation sites is 1. The van der Waals surface area contributed by atoms with Crippen LogP contribution >= 0.6 is 0 Å². The van der Waals surface area contributed by atoms with E-state index in [1.165, 1.54) is 12.0 Å². The van der Waals surface area contributed by atoms with Gasteiger partial charge in [-0.05, 0) is 49.0 Å².